The first-order chi connectivity index (χ1) is 38.1. The minimum Gasteiger partial charge on any atom is -0.383 e. The molecule has 1 unspecified atom stereocenters. The summed E-state index contributed by atoms with van der Waals surface area (Å²) in [6.45, 7) is 17.8. The zero-order valence-corrected chi connectivity index (χ0v) is 52.7. The summed E-state index contributed by atoms with van der Waals surface area (Å²) >= 11 is 0. The molecule has 6 rings (SSSR count). The van der Waals surface area contributed by atoms with Gasteiger partial charge in [-0.25, -0.2) is 0 Å². The molecule has 0 aliphatic carbocycles. The van der Waals surface area contributed by atoms with Crippen LogP contribution in [-0.2, 0) is 33.3 Å². The molecule has 3 aromatic carbocycles. The number of hydrogen-bond acceptors (Lipinski definition) is 14. The van der Waals surface area contributed by atoms with Crippen molar-refractivity contribution in [1.29, 1.82) is 0 Å². The minimum absolute atomic E-state index is 0.0938. The Morgan fingerprint density at radius 1 is 0.765 bits per heavy atom. The normalized spacial score (nSPS) is 36.1. The van der Waals surface area contributed by atoms with E-state index in [1.165, 1.54) is 29.9 Å². The van der Waals surface area contributed by atoms with E-state index < -0.39 is 109 Å². The number of unbranched alkanes of at least 4 members (excludes halogenated alkanes) is 4. The van der Waals surface area contributed by atoms with E-state index in [1.807, 2.05) is 46.7 Å². The number of aliphatic hydroxyl groups is 5. The molecule has 0 radical (unpaired) electrons. The van der Waals surface area contributed by atoms with Gasteiger partial charge in [-0.05, 0) is 67.5 Å². The molecular formula is C65H104N3O12P. The number of benzene rings is 3. The van der Waals surface area contributed by atoms with Gasteiger partial charge in [0, 0.05) is 25.5 Å². The standard InChI is InChI=1S/C65H104N3O12P/c1-16-54-65(10,75)58(71)46(6)68(55(69)32-26-18-17-19-27-37-81(49-28-22-20-23-29-49,50-30-24-21-25-31-50)51-35-33-48(34-36-51)66(11)12)41-42(2)39-63(8,74)60(80-62-57(70)52(67(13)14)38-43(3)77-62)44(4)56(45(5)61(73)79-54)53-40-64(9,76-15)59(72)47(7)78-53/h20-25,28-31,33-36,42-47,52-54,56-60,62,70-72,74-75,81H,16-19,26-27,32,37-41H2,1-15H3/t42-,43-,44+,45-,46-,47+,52+,53?,54-,56+,57-,58-,59+,60-,62+,63-,64-,65-/m1/s1. The van der Waals surface area contributed by atoms with Crippen LogP contribution in [-0.4, -0.2) is 179 Å². The zero-order chi connectivity index (χ0) is 59.8. The Bertz CT molecular complexity index is 2380. The first kappa shape index (κ1) is 66.6. The average Bonchev–Trinajstić information content (AvgIpc) is 3.56. The fourth-order valence-corrected chi connectivity index (χ4v) is 19.1. The molecule has 15 nitrogen and oxygen atoms in total. The predicted molar refractivity (Wildman–Crippen MR) is 325 cm³/mol. The van der Waals surface area contributed by atoms with Crippen LogP contribution < -0.4 is 20.8 Å². The second-order valence-electron chi connectivity index (χ2n) is 25.7. The molecule has 0 aromatic heterocycles. The minimum atomic E-state index is -2.45. The monoisotopic (exact) mass is 1150 g/mol. The average molecular weight is 1150 g/mol. The van der Waals surface area contributed by atoms with Crippen LogP contribution >= 0.6 is 7.26 Å². The van der Waals surface area contributed by atoms with Crippen molar-refractivity contribution in [1.82, 2.24) is 9.80 Å². The van der Waals surface area contributed by atoms with E-state index in [-0.39, 0.29) is 50.3 Å². The summed E-state index contributed by atoms with van der Waals surface area (Å²) in [5.74, 6) is -3.70. The molecule has 1 amide bonds. The molecule has 3 heterocycles. The van der Waals surface area contributed by atoms with Gasteiger partial charge in [0.05, 0.1) is 41.5 Å². The van der Waals surface area contributed by atoms with Crippen LogP contribution in [0.4, 0.5) is 5.69 Å². The SMILES string of the molecule is CC[C@H]1OC(=O)[C@H](C)[C@@H](C2C[C@@](C)(OC)[C@@H](O)[C@H](C)O2)[C@H](C)[C@@H](O[C@@H]2O[C@H](C)C[C@H](N(C)C)[C@H]2O)[C@](C)(O)C[C@@H](C)CN(C(=O)CCCCCCC[PH](c2ccccc2)(c2ccccc2)c2ccc(N(C)C)cc2)[C@H](C)[C@@H](O)[C@]1(C)O. The fraction of sp³-hybridized carbons (Fsp3) is 0.692. The number of hydrogen-bond donors (Lipinski definition) is 5. The van der Waals surface area contributed by atoms with Crippen LogP contribution in [0.2, 0.25) is 0 Å². The van der Waals surface area contributed by atoms with E-state index in [9.17, 15) is 35.1 Å². The molecule has 456 valence electrons. The molecule has 3 aromatic rings. The number of aliphatic hydroxyl groups excluding tert-OH is 3. The van der Waals surface area contributed by atoms with Crippen LogP contribution in [0, 0.1) is 23.7 Å². The van der Waals surface area contributed by atoms with Crippen LogP contribution in [0.15, 0.2) is 84.9 Å². The fourth-order valence-electron chi connectivity index (χ4n) is 14.1. The van der Waals surface area contributed by atoms with E-state index in [0.29, 0.717) is 12.8 Å². The van der Waals surface area contributed by atoms with Crippen molar-refractivity contribution in [2.24, 2.45) is 23.7 Å². The maximum absolute atomic E-state index is 14.9. The number of esters is 1. The predicted octanol–water partition coefficient (Wildman–Crippen LogP) is 7.20. The van der Waals surface area contributed by atoms with E-state index in [2.05, 4.69) is 104 Å². The van der Waals surface area contributed by atoms with E-state index in [4.69, 9.17) is 23.7 Å². The number of methoxy groups -OCH3 is 1. The molecule has 3 aliphatic heterocycles. The van der Waals surface area contributed by atoms with Crippen molar-refractivity contribution in [2.45, 2.75) is 217 Å². The van der Waals surface area contributed by atoms with Crippen molar-refractivity contribution in [3.8, 4) is 0 Å². The Hall–Kier alpha value is -3.57. The molecule has 81 heavy (non-hydrogen) atoms. The molecule has 3 saturated heterocycles. The first-order valence-electron chi connectivity index (χ1n) is 30.2. The third kappa shape index (κ3) is 15.3. The van der Waals surface area contributed by atoms with Gasteiger partial charge in [-0.3, -0.25) is 4.79 Å². The Balaban J connectivity index is 1.27. The third-order valence-corrected chi connectivity index (χ3v) is 24.0. The summed E-state index contributed by atoms with van der Waals surface area (Å²) < 4.78 is 32.2. The van der Waals surface area contributed by atoms with Gasteiger partial charge in [0.25, 0.3) is 0 Å². The molecule has 5 N–H and O–H groups in total. The number of ether oxygens (including phenoxy) is 5. The van der Waals surface area contributed by atoms with Gasteiger partial charge in [0.1, 0.15) is 18.3 Å². The number of carbonyl (C=O) groups excluding carboxylic acids is 2. The summed E-state index contributed by atoms with van der Waals surface area (Å²) in [6.07, 6.45) is -2.27. The first-order valence-corrected chi connectivity index (χ1v) is 32.4. The molecule has 18 atom stereocenters. The second-order valence-corrected chi connectivity index (χ2v) is 29.7. The van der Waals surface area contributed by atoms with Gasteiger partial charge < -0.3 is 49.0 Å². The van der Waals surface area contributed by atoms with E-state index in [1.54, 1.807) is 39.5 Å². The van der Waals surface area contributed by atoms with Crippen LogP contribution in [0.25, 0.3) is 0 Å². The van der Waals surface area contributed by atoms with Crippen molar-refractivity contribution in [2.75, 3.05) is 52.9 Å². The summed E-state index contributed by atoms with van der Waals surface area (Å²) in [5, 5.41) is 65.3. The summed E-state index contributed by atoms with van der Waals surface area (Å²) in [5.41, 5.74) is -3.60. The molecular weight excluding hydrogens is 1050 g/mol. The number of cyclic esters (lactones) is 1. The van der Waals surface area contributed by atoms with Gasteiger partial charge in [0.2, 0.25) is 0 Å². The van der Waals surface area contributed by atoms with E-state index >= 15 is 0 Å². The molecule has 0 bridgehead atoms. The number of rotatable bonds is 18. The van der Waals surface area contributed by atoms with Crippen LogP contribution in [0.1, 0.15) is 133 Å². The third-order valence-electron chi connectivity index (χ3n) is 18.9. The summed E-state index contributed by atoms with van der Waals surface area (Å²) in [7, 11) is 7.00. The molecule has 3 fully saturated rings. The van der Waals surface area contributed by atoms with Crippen LogP contribution in [0.3, 0.4) is 0 Å². The maximum atomic E-state index is 14.9. The number of nitrogens with zero attached hydrogens (tertiary/aromatic N) is 3. The van der Waals surface area contributed by atoms with Crippen molar-refractivity contribution in [3.63, 3.8) is 0 Å². The van der Waals surface area contributed by atoms with Crippen LogP contribution in [0.5, 0.6) is 0 Å². The van der Waals surface area contributed by atoms with Gasteiger partial charge in [-0.2, -0.15) is 0 Å². The number of likely N-dealkylation sites (N-methyl/N-ethyl adjacent to an activating group) is 1. The number of amides is 1. The smallest absolute Gasteiger partial charge is 0.383 e. The Morgan fingerprint density at radius 3 is 1.89 bits per heavy atom. The molecule has 0 saturated carbocycles. The van der Waals surface area contributed by atoms with Crippen molar-refractivity contribution >= 4 is 40.7 Å². The zero-order valence-electron chi connectivity index (χ0n) is 51.7. The molecule has 0 spiro atoms. The van der Waals surface area contributed by atoms with Gasteiger partial charge >= 0.3 is 255 Å². The number of anilines is 1. The topological polar surface area (TPSA) is 191 Å². The van der Waals surface area contributed by atoms with E-state index in [0.717, 1.165) is 37.5 Å². The van der Waals surface area contributed by atoms with Gasteiger partial charge in [-0.1, -0.05) is 20.8 Å². The molecule has 3 aliphatic rings. The Morgan fingerprint density at radius 2 is 1.33 bits per heavy atom. The van der Waals surface area contributed by atoms with Gasteiger partial charge in [-0.15, -0.1) is 0 Å². The Kier molecular flexibility index (Phi) is 23.5. The number of carbonyl (C=O) groups is 2. The molecule has 16 heteroatoms. The quantitative estimate of drug-likeness (QED) is 0.0488. The van der Waals surface area contributed by atoms with Crippen molar-refractivity contribution < 1.29 is 58.8 Å². The van der Waals surface area contributed by atoms with Crippen molar-refractivity contribution in [3.05, 3.63) is 84.9 Å². The summed E-state index contributed by atoms with van der Waals surface area (Å²) in [4.78, 5) is 35.4. The summed E-state index contributed by atoms with van der Waals surface area (Å²) in [6, 6.07) is 29.8. The Labute approximate surface area is 486 Å². The van der Waals surface area contributed by atoms with Gasteiger partial charge in [0.15, 0.2) is 6.29 Å². The second kappa shape index (κ2) is 28.5.